The van der Waals surface area contributed by atoms with Gasteiger partial charge in [-0.05, 0) is 47.7 Å². The van der Waals surface area contributed by atoms with Gasteiger partial charge in [-0.15, -0.1) is 11.3 Å². The number of para-hydroxylation sites is 1. The minimum absolute atomic E-state index is 0.146. The van der Waals surface area contributed by atoms with Crippen molar-refractivity contribution in [3.8, 4) is 28.4 Å². The Morgan fingerprint density at radius 1 is 0.750 bits per heavy atom. The number of hydrogen-bond donors (Lipinski definition) is 2. The van der Waals surface area contributed by atoms with Gasteiger partial charge in [0, 0.05) is 35.0 Å². The first-order chi connectivity index (χ1) is 17.5. The van der Waals surface area contributed by atoms with Gasteiger partial charge in [0.15, 0.2) is 11.5 Å². The molecule has 0 aliphatic rings. The molecule has 0 radical (unpaired) electrons. The van der Waals surface area contributed by atoms with E-state index in [-0.39, 0.29) is 11.8 Å². The fourth-order valence-electron chi connectivity index (χ4n) is 3.84. The molecule has 0 spiro atoms. The number of methoxy groups -OCH3 is 3. The Balaban J connectivity index is 1.25. The van der Waals surface area contributed by atoms with Crippen molar-refractivity contribution >= 4 is 33.2 Å². The second-order valence-corrected chi connectivity index (χ2v) is 9.08. The Labute approximate surface area is 214 Å². The minimum atomic E-state index is -0.152. The molecule has 0 saturated carbocycles. The highest BCUT2D eigenvalue weighted by Crippen LogP contribution is 2.36. The third-order valence-corrected chi connectivity index (χ3v) is 6.83. The van der Waals surface area contributed by atoms with Gasteiger partial charge in [0.05, 0.1) is 26.2 Å². The van der Waals surface area contributed by atoms with Crippen LogP contribution in [0.15, 0.2) is 66.7 Å². The molecule has 0 aliphatic heterocycles. The summed E-state index contributed by atoms with van der Waals surface area (Å²) >= 11 is 1.40. The zero-order valence-electron chi connectivity index (χ0n) is 20.4. The predicted molar refractivity (Wildman–Crippen MR) is 143 cm³/mol. The van der Waals surface area contributed by atoms with Crippen molar-refractivity contribution in [1.29, 1.82) is 0 Å². The molecular formula is C28H28N2O5S. The Hall–Kier alpha value is -4.04. The molecule has 186 valence electrons. The van der Waals surface area contributed by atoms with Crippen LogP contribution in [-0.2, 0) is 0 Å². The van der Waals surface area contributed by atoms with E-state index in [9.17, 15) is 9.59 Å². The van der Waals surface area contributed by atoms with Crippen molar-refractivity contribution in [3.05, 3.63) is 77.2 Å². The monoisotopic (exact) mass is 504 g/mol. The van der Waals surface area contributed by atoms with E-state index in [0.717, 1.165) is 27.0 Å². The average Bonchev–Trinajstić information content (AvgIpc) is 3.35. The summed E-state index contributed by atoms with van der Waals surface area (Å²) in [7, 11) is 4.81. The first-order valence-corrected chi connectivity index (χ1v) is 12.3. The van der Waals surface area contributed by atoms with Gasteiger partial charge in [-0.1, -0.05) is 30.3 Å². The predicted octanol–water partition coefficient (Wildman–Crippen LogP) is 5.14. The molecule has 0 atom stereocenters. The Kier molecular flexibility index (Phi) is 8.07. The normalized spacial score (nSPS) is 10.6. The van der Waals surface area contributed by atoms with Gasteiger partial charge in [0.2, 0.25) is 0 Å². The molecular weight excluding hydrogens is 476 g/mol. The maximum absolute atomic E-state index is 12.6. The summed E-state index contributed by atoms with van der Waals surface area (Å²) < 4.78 is 17.0. The highest BCUT2D eigenvalue weighted by atomic mass is 32.1. The van der Waals surface area contributed by atoms with Gasteiger partial charge in [-0.3, -0.25) is 9.59 Å². The number of ether oxygens (including phenoxy) is 3. The van der Waals surface area contributed by atoms with E-state index >= 15 is 0 Å². The smallest absolute Gasteiger partial charge is 0.261 e. The zero-order valence-corrected chi connectivity index (χ0v) is 21.2. The van der Waals surface area contributed by atoms with Crippen LogP contribution >= 0.6 is 11.3 Å². The molecule has 36 heavy (non-hydrogen) atoms. The number of carbonyl (C=O) groups is 2. The number of carbonyl (C=O) groups excluding carboxylic acids is 2. The maximum Gasteiger partial charge on any atom is 0.261 e. The number of benzene rings is 3. The van der Waals surface area contributed by atoms with Crippen LogP contribution in [0.5, 0.6) is 17.2 Å². The van der Waals surface area contributed by atoms with E-state index in [1.165, 1.54) is 11.3 Å². The third kappa shape index (κ3) is 5.60. The van der Waals surface area contributed by atoms with E-state index < -0.39 is 0 Å². The summed E-state index contributed by atoms with van der Waals surface area (Å²) in [5.74, 6) is 1.74. The molecule has 1 heterocycles. The van der Waals surface area contributed by atoms with Crippen LogP contribution in [0.3, 0.4) is 0 Å². The number of nitrogens with one attached hydrogen (secondary N) is 2. The van der Waals surface area contributed by atoms with Crippen LogP contribution in [-0.4, -0.2) is 46.2 Å². The van der Waals surface area contributed by atoms with Gasteiger partial charge >= 0.3 is 0 Å². The average molecular weight is 505 g/mol. The standard InChI is InChI=1S/C28H28N2O5S/c1-33-22-8-5-4-7-21(22)18-9-11-19(12-10-18)27(31)29-13-6-14-30-28(32)26-16-20-15-23(34-2)24(35-3)17-25(20)36-26/h4-5,7-12,15-17H,6,13-14H2,1-3H3,(H,29,31)(H,30,32). The quantitative estimate of drug-likeness (QED) is 0.292. The van der Waals surface area contributed by atoms with Crippen molar-refractivity contribution in [1.82, 2.24) is 10.6 Å². The summed E-state index contributed by atoms with van der Waals surface area (Å²) in [6, 6.07) is 20.7. The number of hydrogen-bond acceptors (Lipinski definition) is 6. The molecule has 0 unspecified atom stereocenters. The fraction of sp³-hybridized carbons (Fsp3) is 0.214. The summed E-state index contributed by atoms with van der Waals surface area (Å²) in [4.78, 5) is 25.7. The van der Waals surface area contributed by atoms with Gasteiger partial charge in [-0.2, -0.15) is 0 Å². The number of amides is 2. The van der Waals surface area contributed by atoms with E-state index in [0.29, 0.717) is 41.4 Å². The van der Waals surface area contributed by atoms with Crippen LogP contribution in [0.25, 0.3) is 21.2 Å². The van der Waals surface area contributed by atoms with Crippen LogP contribution in [0.4, 0.5) is 0 Å². The first kappa shape index (κ1) is 25.1. The summed E-state index contributed by atoms with van der Waals surface area (Å²) in [6.45, 7) is 0.904. The van der Waals surface area contributed by atoms with Gasteiger partial charge in [0.25, 0.3) is 11.8 Å². The van der Waals surface area contributed by atoms with Crippen LogP contribution in [0.1, 0.15) is 26.5 Å². The lowest BCUT2D eigenvalue weighted by Gasteiger charge is -2.09. The number of fused-ring (bicyclic) bond motifs is 1. The zero-order chi connectivity index (χ0) is 25.5. The molecule has 0 aliphatic carbocycles. The van der Waals surface area contributed by atoms with E-state index in [2.05, 4.69) is 10.6 Å². The Bertz CT molecular complexity index is 1320. The minimum Gasteiger partial charge on any atom is -0.496 e. The molecule has 2 amide bonds. The summed E-state index contributed by atoms with van der Waals surface area (Å²) in [5, 5.41) is 6.74. The Morgan fingerprint density at radius 2 is 1.39 bits per heavy atom. The van der Waals surface area contributed by atoms with Crippen molar-refractivity contribution < 1.29 is 23.8 Å². The topological polar surface area (TPSA) is 85.9 Å². The summed E-state index contributed by atoms with van der Waals surface area (Å²) in [5.41, 5.74) is 2.53. The van der Waals surface area contributed by atoms with Crippen LogP contribution in [0.2, 0.25) is 0 Å². The fourth-order valence-corrected chi connectivity index (χ4v) is 4.83. The van der Waals surface area contributed by atoms with Gasteiger partial charge in [-0.25, -0.2) is 0 Å². The van der Waals surface area contributed by atoms with E-state index in [4.69, 9.17) is 14.2 Å². The molecule has 0 saturated heterocycles. The molecule has 0 bridgehead atoms. The highest BCUT2D eigenvalue weighted by Gasteiger charge is 2.14. The van der Waals surface area contributed by atoms with Gasteiger partial charge < -0.3 is 24.8 Å². The SMILES string of the molecule is COc1cc2cc(C(=O)NCCCNC(=O)c3ccc(-c4ccccc4OC)cc3)sc2cc1OC. The molecule has 7 nitrogen and oxygen atoms in total. The molecule has 8 heteroatoms. The maximum atomic E-state index is 12.6. The molecule has 1 aromatic heterocycles. The van der Waals surface area contributed by atoms with Crippen molar-refractivity contribution in [3.63, 3.8) is 0 Å². The van der Waals surface area contributed by atoms with Crippen molar-refractivity contribution in [2.24, 2.45) is 0 Å². The number of rotatable bonds is 10. The van der Waals surface area contributed by atoms with Gasteiger partial charge in [0.1, 0.15) is 5.75 Å². The lowest BCUT2D eigenvalue weighted by Crippen LogP contribution is -2.29. The van der Waals surface area contributed by atoms with Crippen molar-refractivity contribution in [2.45, 2.75) is 6.42 Å². The first-order valence-electron chi connectivity index (χ1n) is 11.5. The molecule has 3 aromatic carbocycles. The van der Waals surface area contributed by atoms with E-state index in [1.807, 2.05) is 54.6 Å². The molecule has 2 N–H and O–H groups in total. The lowest BCUT2D eigenvalue weighted by molar-refractivity contribution is 0.0953. The molecule has 4 rings (SSSR count). The second-order valence-electron chi connectivity index (χ2n) is 8.00. The van der Waals surface area contributed by atoms with E-state index in [1.54, 1.807) is 33.5 Å². The van der Waals surface area contributed by atoms with Crippen molar-refractivity contribution in [2.75, 3.05) is 34.4 Å². The van der Waals surface area contributed by atoms with Crippen LogP contribution < -0.4 is 24.8 Å². The molecule has 0 fully saturated rings. The Morgan fingerprint density at radius 3 is 2.08 bits per heavy atom. The highest BCUT2D eigenvalue weighted by molar-refractivity contribution is 7.20. The largest absolute Gasteiger partial charge is 0.496 e. The molecule has 4 aromatic rings. The number of thiophene rings is 1. The lowest BCUT2D eigenvalue weighted by atomic mass is 10.0. The van der Waals surface area contributed by atoms with Crippen LogP contribution in [0, 0.1) is 0 Å². The summed E-state index contributed by atoms with van der Waals surface area (Å²) in [6.07, 6.45) is 0.614. The second kappa shape index (κ2) is 11.6. The third-order valence-electron chi connectivity index (χ3n) is 5.74.